The molecule has 0 unspecified atom stereocenters. The fourth-order valence-electron chi connectivity index (χ4n) is 4.86. The Bertz CT molecular complexity index is 1160. The van der Waals surface area contributed by atoms with Crippen molar-refractivity contribution in [2.45, 2.75) is 51.0 Å². The molecule has 0 aliphatic carbocycles. The maximum Gasteiger partial charge on any atom is 0.255 e. The van der Waals surface area contributed by atoms with Crippen LogP contribution in [0.5, 0.6) is 0 Å². The summed E-state index contributed by atoms with van der Waals surface area (Å²) in [5.74, 6) is -0.0440. The summed E-state index contributed by atoms with van der Waals surface area (Å²) in [5.41, 5.74) is 3.66. The van der Waals surface area contributed by atoms with Crippen molar-refractivity contribution in [3.05, 3.63) is 120 Å². The Morgan fingerprint density at radius 1 is 0.737 bits per heavy atom. The van der Waals surface area contributed by atoms with E-state index in [1.807, 2.05) is 95.9 Å². The van der Waals surface area contributed by atoms with E-state index in [2.05, 4.69) is 0 Å². The van der Waals surface area contributed by atoms with Crippen molar-refractivity contribution in [1.29, 1.82) is 0 Å². The predicted octanol–water partition coefficient (Wildman–Crippen LogP) is 5.28. The molecule has 6 heteroatoms. The summed E-state index contributed by atoms with van der Waals surface area (Å²) in [6.07, 6.45) is 2.05. The first kappa shape index (κ1) is 26.2. The number of nitrogens with zero attached hydrogens (tertiary/aromatic N) is 1. The first-order valence-corrected chi connectivity index (χ1v) is 13.4. The number of carbonyl (C=O) groups is 1. The summed E-state index contributed by atoms with van der Waals surface area (Å²) < 4.78 is 25.2. The third-order valence-electron chi connectivity index (χ3n) is 6.93. The summed E-state index contributed by atoms with van der Waals surface area (Å²) in [7, 11) is 0. The Kier molecular flexibility index (Phi) is 9.21. The molecule has 3 aromatic carbocycles. The molecule has 3 aromatic rings. The van der Waals surface area contributed by atoms with E-state index in [-0.39, 0.29) is 5.91 Å². The average molecular weight is 514 g/mol. The van der Waals surface area contributed by atoms with Crippen LogP contribution in [-0.2, 0) is 43.6 Å². The zero-order valence-corrected chi connectivity index (χ0v) is 21.6. The SMILES string of the molecule is O=C(C1=CO[C@H](COCc2ccccc2)[C@@H](OCc2ccccc2)[C@@H]1OCc1ccccc1)N1CCCC1. The highest BCUT2D eigenvalue weighted by Gasteiger charge is 2.42. The summed E-state index contributed by atoms with van der Waals surface area (Å²) in [6, 6.07) is 30.0. The highest BCUT2D eigenvalue weighted by Crippen LogP contribution is 2.29. The van der Waals surface area contributed by atoms with E-state index in [1.165, 1.54) is 0 Å². The van der Waals surface area contributed by atoms with Crippen LogP contribution in [0.4, 0.5) is 0 Å². The lowest BCUT2D eigenvalue weighted by atomic mass is 9.97. The van der Waals surface area contributed by atoms with Gasteiger partial charge in [0.05, 0.1) is 38.3 Å². The molecule has 2 aliphatic rings. The maximum atomic E-state index is 13.6. The van der Waals surface area contributed by atoms with Gasteiger partial charge in [-0.15, -0.1) is 0 Å². The minimum absolute atomic E-state index is 0.0440. The molecular weight excluding hydrogens is 478 g/mol. The van der Waals surface area contributed by atoms with Crippen LogP contribution >= 0.6 is 0 Å². The van der Waals surface area contributed by atoms with Crippen molar-refractivity contribution in [3.63, 3.8) is 0 Å². The molecule has 0 N–H and O–H groups in total. The molecule has 1 fully saturated rings. The van der Waals surface area contributed by atoms with Crippen molar-refractivity contribution < 1.29 is 23.7 Å². The quantitative estimate of drug-likeness (QED) is 0.349. The van der Waals surface area contributed by atoms with Gasteiger partial charge in [-0.3, -0.25) is 4.79 Å². The zero-order valence-electron chi connectivity index (χ0n) is 21.6. The van der Waals surface area contributed by atoms with Crippen LogP contribution in [0, 0.1) is 0 Å². The second kappa shape index (κ2) is 13.4. The van der Waals surface area contributed by atoms with E-state index in [9.17, 15) is 4.79 Å². The molecule has 1 saturated heterocycles. The van der Waals surface area contributed by atoms with E-state index in [0.717, 1.165) is 42.6 Å². The molecular formula is C32H35NO5. The lowest BCUT2D eigenvalue weighted by Gasteiger charge is -2.38. The number of benzene rings is 3. The Balaban J connectivity index is 1.37. The van der Waals surface area contributed by atoms with E-state index in [0.29, 0.717) is 32.0 Å². The van der Waals surface area contributed by atoms with Crippen LogP contribution < -0.4 is 0 Å². The van der Waals surface area contributed by atoms with Crippen LogP contribution in [-0.4, -0.2) is 48.8 Å². The van der Waals surface area contributed by atoms with Gasteiger partial charge in [0.15, 0.2) is 0 Å². The second-order valence-electron chi connectivity index (χ2n) is 9.73. The standard InChI is InChI=1S/C32H35NO5/c34-32(33-18-10-11-19-33)28-23-36-29(24-35-20-25-12-4-1-5-13-25)31(38-22-27-16-8-3-9-17-27)30(28)37-21-26-14-6-2-7-15-26/h1-9,12-17,23,29-31H,10-11,18-22,24H2/t29-,30-,31-/m1/s1. The molecule has 0 aromatic heterocycles. The van der Waals surface area contributed by atoms with Gasteiger partial charge >= 0.3 is 0 Å². The highest BCUT2D eigenvalue weighted by atomic mass is 16.6. The van der Waals surface area contributed by atoms with Crippen molar-refractivity contribution in [1.82, 2.24) is 4.90 Å². The van der Waals surface area contributed by atoms with Gasteiger partial charge < -0.3 is 23.8 Å². The molecule has 0 saturated carbocycles. The molecule has 5 rings (SSSR count). The number of amides is 1. The molecule has 1 amide bonds. The van der Waals surface area contributed by atoms with Crippen molar-refractivity contribution in [2.75, 3.05) is 19.7 Å². The van der Waals surface area contributed by atoms with Crippen LogP contribution in [0.1, 0.15) is 29.5 Å². The lowest BCUT2D eigenvalue weighted by Crippen LogP contribution is -2.51. The molecule has 3 atom stereocenters. The van der Waals surface area contributed by atoms with Gasteiger partial charge in [-0.25, -0.2) is 0 Å². The first-order chi connectivity index (χ1) is 18.8. The molecule has 2 aliphatic heterocycles. The summed E-state index contributed by atoms with van der Waals surface area (Å²) >= 11 is 0. The largest absolute Gasteiger partial charge is 0.492 e. The van der Waals surface area contributed by atoms with Crippen LogP contribution in [0.25, 0.3) is 0 Å². The van der Waals surface area contributed by atoms with E-state index in [4.69, 9.17) is 18.9 Å². The highest BCUT2D eigenvalue weighted by molar-refractivity contribution is 5.94. The molecule has 0 bridgehead atoms. The van der Waals surface area contributed by atoms with Crippen LogP contribution in [0.3, 0.4) is 0 Å². The van der Waals surface area contributed by atoms with Crippen LogP contribution in [0.15, 0.2) is 103 Å². The minimum Gasteiger partial charge on any atom is -0.492 e. The topological polar surface area (TPSA) is 57.2 Å². The Morgan fingerprint density at radius 2 is 1.26 bits per heavy atom. The lowest BCUT2D eigenvalue weighted by molar-refractivity contribution is -0.158. The Labute approximate surface area is 224 Å². The minimum atomic E-state index is -0.592. The van der Waals surface area contributed by atoms with Gasteiger partial charge in [-0.05, 0) is 29.5 Å². The number of rotatable bonds is 11. The molecule has 2 heterocycles. The molecule has 38 heavy (non-hydrogen) atoms. The fourth-order valence-corrected chi connectivity index (χ4v) is 4.86. The van der Waals surface area contributed by atoms with E-state index >= 15 is 0 Å². The summed E-state index contributed by atoms with van der Waals surface area (Å²) in [6.45, 7) is 3.01. The van der Waals surface area contributed by atoms with Gasteiger partial charge in [-0.1, -0.05) is 91.0 Å². The number of carbonyl (C=O) groups excluding carboxylic acids is 1. The third-order valence-corrected chi connectivity index (χ3v) is 6.93. The van der Waals surface area contributed by atoms with Gasteiger partial charge in [0, 0.05) is 13.1 Å². The number of likely N-dealkylation sites (tertiary alicyclic amines) is 1. The fraction of sp³-hybridized carbons (Fsp3) is 0.344. The third kappa shape index (κ3) is 6.90. The number of ether oxygens (including phenoxy) is 4. The smallest absolute Gasteiger partial charge is 0.255 e. The maximum absolute atomic E-state index is 13.6. The average Bonchev–Trinajstić information content (AvgIpc) is 3.52. The Morgan fingerprint density at radius 3 is 1.84 bits per heavy atom. The number of hydrogen-bond acceptors (Lipinski definition) is 5. The van der Waals surface area contributed by atoms with Crippen molar-refractivity contribution >= 4 is 5.91 Å². The van der Waals surface area contributed by atoms with E-state index < -0.39 is 18.3 Å². The second-order valence-corrected chi connectivity index (χ2v) is 9.73. The molecule has 6 nitrogen and oxygen atoms in total. The normalized spacial score (nSPS) is 21.1. The van der Waals surface area contributed by atoms with Gasteiger partial charge in [0.25, 0.3) is 5.91 Å². The summed E-state index contributed by atoms with van der Waals surface area (Å²) in [5, 5.41) is 0. The van der Waals surface area contributed by atoms with Gasteiger partial charge in [0.2, 0.25) is 0 Å². The van der Waals surface area contributed by atoms with Crippen molar-refractivity contribution in [3.8, 4) is 0 Å². The molecule has 0 radical (unpaired) electrons. The number of hydrogen-bond donors (Lipinski definition) is 0. The Hall–Kier alpha value is -3.45. The van der Waals surface area contributed by atoms with Gasteiger partial charge in [-0.2, -0.15) is 0 Å². The predicted molar refractivity (Wildman–Crippen MR) is 145 cm³/mol. The zero-order chi connectivity index (χ0) is 26.0. The van der Waals surface area contributed by atoms with E-state index in [1.54, 1.807) is 6.26 Å². The summed E-state index contributed by atoms with van der Waals surface area (Å²) in [4.78, 5) is 15.4. The molecule has 0 spiro atoms. The monoisotopic (exact) mass is 513 g/mol. The first-order valence-electron chi connectivity index (χ1n) is 13.4. The van der Waals surface area contributed by atoms with Crippen LogP contribution in [0.2, 0.25) is 0 Å². The molecule has 198 valence electrons. The van der Waals surface area contributed by atoms with Crippen molar-refractivity contribution in [2.24, 2.45) is 0 Å². The van der Waals surface area contributed by atoms with Gasteiger partial charge in [0.1, 0.15) is 18.3 Å².